The maximum Gasteiger partial charge on any atom is 0.268 e. The van der Waals surface area contributed by atoms with Crippen molar-refractivity contribution in [3.63, 3.8) is 0 Å². The number of hydrogen-bond acceptors (Lipinski definition) is 6. The molecule has 4 rings (SSSR count). The molecular weight excluding hydrogens is 302 g/mol. The van der Waals surface area contributed by atoms with E-state index < -0.39 is 5.25 Å². The van der Waals surface area contributed by atoms with Crippen molar-refractivity contribution in [3.8, 4) is 0 Å². The number of piperidine rings is 1. The number of hydrogen-bond donors (Lipinski definition) is 1. The molecular formula is C14H17N5O2S. The number of aliphatic imine (C=N–C) groups is 3. The minimum atomic E-state index is -0.402. The predicted molar refractivity (Wildman–Crippen MR) is 85.2 cm³/mol. The van der Waals surface area contributed by atoms with E-state index in [0.717, 1.165) is 37.4 Å². The first-order valence-electron chi connectivity index (χ1n) is 7.65. The van der Waals surface area contributed by atoms with Crippen LogP contribution in [0.25, 0.3) is 0 Å². The van der Waals surface area contributed by atoms with Crippen molar-refractivity contribution < 1.29 is 9.59 Å². The fourth-order valence-corrected chi connectivity index (χ4v) is 3.92. The molecule has 2 fully saturated rings. The number of nitrogens with one attached hydrogen (secondary N) is 1. The number of carbonyl (C=O) groups excluding carboxylic acids is 2. The second kappa shape index (κ2) is 5.49. The fourth-order valence-electron chi connectivity index (χ4n) is 2.87. The van der Waals surface area contributed by atoms with Crippen LogP contribution in [-0.4, -0.2) is 58.4 Å². The summed E-state index contributed by atoms with van der Waals surface area (Å²) in [5.74, 6) is 0.498. The van der Waals surface area contributed by atoms with Gasteiger partial charge in [-0.05, 0) is 25.7 Å². The van der Waals surface area contributed by atoms with E-state index in [1.165, 1.54) is 18.1 Å². The number of fused-ring (bicyclic) bond motifs is 1. The molecule has 1 saturated carbocycles. The molecule has 0 spiro atoms. The summed E-state index contributed by atoms with van der Waals surface area (Å²) in [6.45, 7) is 1.54. The lowest BCUT2D eigenvalue weighted by atomic mass is 9.97. The second-order valence-electron chi connectivity index (χ2n) is 6.03. The molecule has 0 radical (unpaired) electrons. The number of likely N-dealkylation sites (tertiary alicyclic amines) is 1. The molecule has 116 valence electrons. The lowest BCUT2D eigenvalue weighted by Gasteiger charge is -2.33. The molecule has 2 atom stereocenters. The van der Waals surface area contributed by atoms with Crippen LogP contribution in [0, 0.1) is 5.92 Å². The summed E-state index contributed by atoms with van der Waals surface area (Å²) in [7, 11) is 0. The Kier molecular flexibility index (Phi) is 3.48. The Balaban J connectivity index is 1.43. The molecule has 22 heavy (non-hydrogen) atoms. The van der Waals surface area contributed by atoms with E-state index in [2.05, 4.69) is 25.2 Å². The van der Waals surface area contributed by atoms with E-state index in [0.29, 0.717) is 18.4 Å². The van der Waals surface area contributed by atoms with Gasteiger partial charge in [0.15, 0.2) is 16.3 Å². The van der Waals surface area contributed by atoms with Crippen molar-refractivity contribution in [1.29, 1.82) is 0 Å². The van der Waals surface area contributed by atoms with Gasteiger partial charge < -0.3 is 10.2 Å². The smallest absolute Gasteiger partial charge is 0.268 e. The number of nitrogens with zero attached hydrogens (tertiary/aromatic N) is 4. The summed E-state index contributed by atoms with van der Waals surface area (Å²) in [6.07, 6.45) is 5.36. The third kappa shape index (κ3) is 2.67. The van der Waals surface area contributed by atoms with Crippen LogP contribution in [0.3, 0.4) is 0 Å². The minimum absolute atomic E-state index is 0.00849. The molecule has 8 heteroatoms. The van der Waals surface area contributed by atoms with E-state index in [-0.39, 0.29) is 17.7 Å². The van der Waals surface area contributed by atoms with E-state index in [1.54, 1.807) is 0 Å². The van der Waals surface area contributed by atoms with E-state index in [1.807, 2.05) is 0 Å². The van der Waals surface area contributed by atoms with Crippen molar-refractivity contribution in [2.75, 3.05) is 13.1 Å². The number of rotatable bonds is 2. The van der Waals surface area contributed by atoms with Crippen molar-refractivity contribution in [2.45, 2.75) is 37.0 Å². The first-order chi connectivity index (χ1) is 10.7. The highest BCUT2D eigenvalue weighted by molar-refractivity contribution is 8.16. The van der Waals surface area contributed by atoms with Gasteiger partial charge in [-0.1, -0.05) is 11.8 Å². The number of amidine groups is 2. The van der Waals surface area contributed by atoms with Crippen molar-refractivity contribution in [1.82, 2.24) is 10.2 Å². The van der Waals surface area contributed by atoms with Crippen LogP contribution in [0.2, 0.25) is 0 Å². The summed E-state index contributed by atoms with van der Waals surface area (Å²) in [4.78, 5) is 38.3. The molecule has 2 amide bonds. The van der Waals surface area contributed by atoms with Gasteiger partial charge in [-0.25, -0.2) is 15.0 Å². The predicted octanol–water partition coefficient (Wildman–Crippen LogP) is 0.415. The lowest BCUT2D eigenvalue weighted by Crippen LogP contribution is -2.45. The summed E-state index contributed by atoms with van der Waals surface area (Å²) in [5, 5.41) is 3.48. The van der Waals surface area contributed by atoms with Gasteiger partial charge >= 0.3 is 0 Å². The molecule has 0 aromatic carbocycles. The SMILES string of the molecule is O=C(NC1CC1)C1CCCN(C2=NC3=NC=NC(=O)C3S2)C1. The van der Waals surface area contributed by atoms with Crippen LogP contribution in [0.5, 0.6) is 0 Å². The Hall–Kier alpha value is -1.70. The van der Waals surface area contributed by atoms with Crippen LogP contribution in [0.4, 0.5) is 0 Å². The summed E-state index contributed by atoms with van der Waals surface area (Å²) in [5.41, 5.74) is 0. The molecule has 2 unspecified atom stereocenters. The Morgan fingerprint density at radius 3 is 3.00 bits per heavy atom. The van der Waals surface area contributed by atoms with Gasteiger partial charge in [0, 0.05) is 19.1 Å². The van der Waals surface area contributed by atoms with Gasteiger partial charge in [0.2, 0.25) is 5.91 Å². The molecule has 3 heterocycles. The molecule has 0 aromatic rings. The molecule has 1 saturated heterocycles. The fraction of sp³-hybridized carbons (Fsp3) is 0.643. The summed E-state index contributed by atoms with van der Waals surface area (Å²) < 4.78 is 0. The third-order valence-corrected chi connectivity index (χ3v) is 5.46. The monoisotopic (exact) mass is 319 g/mol. The minimum Gasteiger partial charge on any atom is -0.353 e. The highest BCUT2D eigenvalue weighted by Gasteiger charge is 2.38. The van der Waals surface area contributed by atoms with Gasteiger partial charge in [0.05, 0.1) is 5.92 Å². The highest BCUT2D eigenvalue weighted by atomic mass is 32.2. The zero-order valence-corrected chi connectivity index (χ0v) is 12.9. The quantitative estimate of drug-likeness (QED) is 0.799. The van der Waals surface area contributed by atoms with Gasteiger partial charge in [-0.15, -0.1) is 0 Å². The van der Waals surface area contributed by atoms with Crippen LogP contribution in [0.15, 0.2) is 15.0 Å². The average molecular weight is 319 g/mol. The van der Waals surface area contributed by atoms with Gasteiger partial charge in [0.1, 0.15) is 6.34 Å². The van der Waals surface area contributed by atoms with Crippen LogP contribution < -0.4 is 5.32 Å². The second-order valence-corrected chi connectivity index (χ2v) is 7.10. The molecule has 1 N–H and O–H groups in total. The van der Waals surface area contributed by atoms with Crippen LogP contribution in [0.1, 0.15) is 25.7 Å². The molecule has 0 bridgehead atoms. The largest absolute Gasteiger partial charge is 0.353 e. The molecule has 3 aliphatic heterocycles. The first-order valence-corrected chi connectivity index (χ1v) is 8.53. The molecule has 1 aliphatic carbocycles. The summed E-state index contributed by atoms with van der Waals surface area (Å²) in [6, 6.07) is 0.396. The Morgan fingerprint density at radius 1 is 1.36 bits per heavy atom. The number of thioether (sulfide) groups is 1. The topological polar surface area (TPSA) is 86.5 Å². The average Bonchev–Trinajstić information content (AvgIpc) is 3.23. The summed E-state index contributed by atoms with van der Waals surface area (Å²) >= 11 is 1.40. The van der Waals surface area contributed by atoms with Crippen LogP contribution in [-0.2, 0) is 9.59 Å². The van der Waals surface area contributed by atoms with E-state index >= 15 is 0 Å². The van der Waals surface area contributed by atoms with Crippen LogP contribution >= 0.6 is 11.8 Å². The Morgan fingerprint density at radius 2 is 2.23 bits per heavy atom. The van der Waals surface area contributed by atoms with E-state index in [9.17, 15) is 9.59 Å². The van der Waals surface area contributed by atoms with Gasteiger partial charge in [-0.2, -0.15) is 0 Å². The lowest BCUT2D eigenvalue weighted by molar-refractivity contribution is -0.126. The maximum absolute atomic E-state index is 12.2. The zero-order chi connectivity index (χ0) is 15.1. The first kappa shape index (κ1) is 13.9. The number of carbonyl (C=O) groups is 2. The van der Waals surface area contributed by atoms with Crippen molar-refractivity contribution >= 4 is 40.9 Å². The maximum atomic E-state index is 12.2. The van der Waals surface area contributed by atoms with Crippen molar-refractivity contribution in [3.05, 3.63) is 0 Å². The zero-order valence-electron chi connectivity index (χ0n) is 12.1. The normalized spacial score (nSPS) is 30.7. The van der Waals surface area contributed by atoms with Gasteiger partial charge in [0.25, 0.3) is 5.91 Å². The van der Waals surface area contributed by atoms with E-state index in [4.69, 9.17) is 0 Å². The number of amides is 2. The molecule has 0 aromatic heterocycles. The van der Waals surface area contributed by atoms with Crippen molar-refractivity contribution in [2.24, 2.45) is 20.9 Å². The standard InChI is InChI=1S/C14H17N5O2S/c20-12(17-9-3-4-9)8-2-1-5-19(6-8)14-18-11-10(22-14)13(21)16-7-15-11/h7-10H,1-6H2,(H,17,20). The molecule has 4 aliphatic rings. The van der Waals surface area contributed by atoms with Gasteiger partial charge in [-0.3, -0.25) is 9.59 Å². The Labute approximate surface area is 132 Å². The highest BCUT2D eigenvalue weighted by Crippen LogP contribution is 2.30. The third-order valence-electron chi connectivity index (χ3n) is 4.25. The Bertz CT molecular complexity index is 610. The molecule has 7 nitrogen and oxygen atoms in total.